The number of nitrogens with one attached hydrogen (secondary N) is 1. The van der Waals surface area contributed by atoms with Gasteiger partial charge in [0.05, 0.1) is 4.47 Å². The van der Waals surface area contributed by atoms with Crippen molar-refractivity contribution in [2.45, 2.75) is 25.8 Å². The van der Waals surface area contributed by atoms with Gasteiger partial charge in [-0.2, -0.15) is 0 Å². The van der Waals surface area contributed by atoms with Crippen molar-refractivity contribution in [3.63, 3.8) is 0 Å². The first-order chi connectivity index (χ1) is 10.1. The van der Waals surface area contributed by atoms with E-state index in [0.29, 0.717) is 16.5 Å². The average Bonchev–Trinajstić information content (AvgIpc) is 2.46. The third-order valence-electron chi connectivity index (χ3n) is 3.38. The number of rotatable bonds is 6. The van der Waals surface area contributed by atoms with Gasteiger partial charge in [-0.3, -0.25) is 0 Å². The van der Waals surface area contributed by atoms with E-state index < -0.39 is 0 Å². The molecule has 1 N–H and O–H groups in total. The summed E-state index contributed by atoms with van der Waals surface area (Å²) in [6, 6.07) is 11.9. The van der Waals surface area contributed by atoms with Crippen LogP contribution >= 0.6 is 15.9 Å². The molecule has 0 heterocycles. The first-order valence-corrected chi connectivity index (χ1v) is 7.80. The van der Waals surface area contributed by atoms with E-state index in [4.69, 9.17) is 0 Å². The zero-order chi connectivity index (χ0) is 15.2. The number of hydrogen-bond donors (Lipinski definition) is 1. The second-order valence-electron chi connectivity index (χ2n) is 5.00. The molecule has 0 saturated heterocycles. The molecule has 2 aromatic carbocycles. The minimum Gasteiger partial charge on any atom is -0.314 e. The minimum atomic E-state index is -0.271. The predicted molar refractivity (Wildman–Crippen MR) is 85.4 cm³/mol. The molecule has 0 aromatic heterocycles. The summed E-state index contributed by atoms with van der Waals surface area (Å²) in [5.74, 6) is -0.450. The van der Waals surface area contributed by atoms with E-state index in [0.717, 1.165) is 18.5 Å². The van der Waals surface area contributed by atoms with Crippen LogP contribution in [0.2, 0.25) is 0 Å². The summed E-state index contributed by atoms with van der Waals surface area (Å²) in [6.45, 7) is 2.83. The van der Waals surface area contributed by atoms with Gasteiger partial charge < -0.3 is 5.32 Å². The van der Waals surface area contributed by atoms with Crippen LogP contribution < -0.4 is 5.32 Å². The van der Waals surface area contributed by atoms with Crippen LogP contribution in [0.3, 0.4) is 0 Å². The Morgan fingerprint density at radius 1 is 1.05 bits per heavy atom. The van der Waals surface area contributed by atoms with Gasteiger partial charge in [0, 0.05) is 6.04 Å². The van der Waals surface area contributed by atoms with Crippen LogP contribution in [0.15, 0.2) is 46.9 Å². The summed E-state index contributed by atoms with van der Waals surface area (Å²) in [7, 11) is 0. The average molecular weight is 354 g/mol. The molecule has 4 heteroatoms. The maximum absolute atomic E-state index is 13.8. The van der Waals surface area contributed by atoms with E-state index in [2.05, 4.69) is 21.2 Å². The number of likely N-dealkylation sites (N-methyl/N-ethyl adjacent to an activating group) is 1. The molecule has 1 atom stereocenters. The molecular weight excluding hydrogens is 336 g/mol. The van der Waals surface area contributed by atoms with Crippen molar-refractivity contribution >= 4 is 15.9 Å². The Labute approximate surface area is 132 Å². The fraction of sp³-hybridized carbons (Fsp3) is 0.294. The lowest BCUT2D eigenvalue weighted by molar-refractivity contribution is 0.505. The van der Waals surface area contributed by atoms with Gasteiger partial charge in [-0.15, -0.1) is 0 Å². The molecule has 21 heavy (non-hydrogen) atoms. The first kappa shape index (κ1) is 16.1. The van der Waals surface area contributed by atoms with Crippen molar-refractivity contribution in [3.8, 4) is 0 Å². The lowest BCUT2D eigenvalue weighted by Gasteiger charge is -2.18. The maximum atomic E-state index is 13.8. The van der Waals surface area contributed by atoms with Crippen molar-refractivity contribution in [2.24, 2.45) is 0 Å². The van der Waals surface area contributed by atoms with Crippen molar-refractivity contribution < 1.29 is 8.78 Å². The molecule has 0 spiro atoms. The summed E-state index contributed by atoms with van der Waals surface area (Å²) in [6.07, 6.45) is 1.33. The van der Waals surface area contributed by atoms with Gasteiger partial charge in [-0.25, -0.2) is 8.78 Å². The minimum absolute atomic E-state index is 0.115. The van der Waals surface area contributed by atoms with E-state index >= 15 is 0 Å². The van der Waals surface area contributed by atoms with Crippen LogP contribution in [0.1, 0.15) is 18.1 Å². The van der Waals surface area contributed by atoms with Crippen molar-refractivity contribution in [2.75, 3.05) is 6.54 Å². The van der Waals surface area contributed by atoms with Crippen molar-refractivity contribution in [3.05, 3.63) is 69.7 Å². The van der Waals surface area contributed by atoms with E-state index in [1.807, 2.05) is 13.0 Å². The van der Waals surface area contributed by atoms with E-state index in [9.17, 15) is 8.78 Å². The summed E-state index contributed by atoms with van der Waals surface area (Å²) < 4.78 is 27.5. The molecule has 2 rings (SSSR count). The Bertz CT molecular complexity index is 601. The summed E-state index contributed by atoms with van der Waals surface area (Å²) in [5.41, 5.74) is 1.72. The van der Waals surface area contributed by atoms with Crippen LogP contribution in [0.4, 0.5) is 8.78 Å². The number of halogens is 3. The molecule has 2 aromatic rings. The zero-order valence-electron chi connectivity index (χ0n) is 11.9. The van der Waals surface area contributed by atoms with Crippen molar-refractivity contribution in [1.29, 1.82) is 0 Å². The van der Waals surface area contributed by atoms with Gasteiger partial charge in [0.2, 0.25) is 0 Å². The lowest BCUT2D eigenvalue weighted by atomic mass is 9.98. The standard InChI is InChI=1S/C17H18BrF2N/c1-2-21-14(11-13-5-3-4-6-16(13)19)9-12-7-8-17(20)15(18)10-12/h3-8,10,14,21H,2,9,11H2,1H3. The summed E-state index contributed by atoms with van der Waals surface area (Å²) in [4.78, 5) is 0. The van der Waals surface area contributed by atoms with Crippen LogP contribution in [0, 0.1) is 11.6 Å². The molecule has 0 amide bonds. The first-order valence-electron chi connectivity index (χ1n) is 7.01. The smallest absolute Gasteiger partial charge is 0.137 e. The molecule has 0 aliphatic rings. The SMILES string of the molecule is CCNC(Cc1ccc(F)c(Br)c1)Cc1ccccc1F. The van der Waals surface area contributed by atoms with E-state index in [-0.39, 0.29) is 17.7 Å². The molecule has 0 radical (unpaired) electrons. The highest BCUT2D eigenvalue weighted by atomic mass is 79.9. The highest BCUT2D eigenvalue weighted by Gasteiger charge is 2.13. The predicted octanol–water partition coefficient (Wildman–Crippen LogP) is 4.49. The Balaban J connectivity index is 2.11. The summed E-state index contributed by atoms with van der Waals surface area (Å²) in [5, 5.41) is 3.37. The highest BCUT2D eigenvalue weighted by Crippen LogP contribution is 2.19. The molecule has 0 saturated carbocycles. The van der Waals surface area contributed by atoms with Gasteiger partial charge in [0.25, 0.3) is 0 Å². The van der Waals surface area contributed by atoms with E-state index in [1.54, 1.807) is 24.3 Å². The van der Waals surface area contributed by atoms with Crippen LogP contribution in [0.25, 0.3) is 0 Å². The quantitative estimate of drug-likeness (QED) is 0.806. The molecule has 0 bridgehead atoms. The van der Waals surface area contributed by atoms with Gasteiger partial charge in [0.1, 0.15) is 11.6 Å². The largest absolute Gasteiger partial charge is 0.314 e. The van der Waals surface area contributed by atoms with Crippen LogP contribution in [-0.4, -0.2) is 12.6 Å². The molecule has 1 unspecified atom stereocenters. The normalized spacial score (nSPS) is 12.4. The van der Waals surface area contributed by atoms with Gasteiger partial charge in [-0.05, 0) is 64.6 Å². The maximum Gasteiger partial charge on any atom is 0.137 e. The molecule has 0 aliphatic heterocycles. The fourth-order valence-electron chi connectivity index (χ4n) is 2.39. The molecular formula is C17H18BrF2N. The zero-order valence-corrected chi connectivity index (χ0v) is 13.5. The second kappa shape index (κ2) is 7.66. The van der Waals surface area contributed by atoms with Crippen LogP contribution in [0.5, 0.6) is 0 Å². The second-order valence-corrected chi connectivity index (χ2v) is 5.86. The summed E-state index contributed by atoms with van der Waals surface area (Å²) >= 11 is 3.20. The number of benzene rings is 2. The molecule has 112 valence electrons. The molecule has 0 fully saturated rings. The Morgan fingerprint density at radius 2 is 1.81 bits per heavy atom. The Kier molecular flexibility index (Phi) is 5.88. The van der Waals surface area contributed by atoms with Gasteiger partial charge in [0.15, 0.2) is 0 Å². The Morgan fingerprint density at radius 3 is 2.48 bits per heavy atom. The van der Waals surface area contributed by atoms with Crippen LogP contribution in [-0.2, 0) is 12.8 Å². The fourth-order valence-corrected chi connectivity index (χ4v) is 2.81. The van der Waals surface area contributed by atoms with Gasteiger partial charge >= 0.3 is 0 Å². The Hall–Kier alpha value is -1.26. The molecule has 1 nitrogen and oxygen atoms in total. The van der Waals surface area contributed by atoms with Crippen molar-refractivity contribution in [1.82, 2.24) is 5.32 Å². The lowest BCUT2D eigenvalue weighted by Crippen LogP contribution is -2.33. The topological polar surface area (TPSA) is 12.0 Å². The number of hydrogen-bond acceptors (Lipinski definition) is 1. The highest BCUT2D eigenvalue weighted by molar-refractivity contribution is 9.10. The monoisotopic (exact) mass is 353 g/mol. The van der Waals surface area contributed by atoms with Gasteiger partial charge in [-0.1, -0.05) is 31.2 Å². The third-order valence-corrected chi connectivity index (χ3v) is 3.99. The van der Waals surface area contributed by atoms with E-state index in [1.165, 1.54) is 12.1 Å². The third kappa shape index (κ3) is 4.61. The molecule has 0 aliphatic carbocycles.